The number of piperazine rings is 1. The number of hydrogen-bond donors (Lipinski definition) is 1. The summed E-state index contributed by atoms with van der Waals surface area (Å²) in [5.41, 5.74) is 2.48. The predicted molar refractivity (Wildman–Crippen MR) is 141 cm³/mol. The number of ether oxygens (including phenoxy) is 2. The number of pyridine rings is 1. The Morgan fingerprint density at radius 1 is 1.13 bits per heavy atom. The Morgan fingerprint density at radius 3 is 2.67 bits per heavy atom. The van der Waals surface area contributed by atoms with E-state index in [9.17, 15) is 19.1 Å². The Morgan fingerprint density at radius 2 is 1.95 bits per heavy atom. The maximum Gasteiger partial charge on any atom is 0.407 e. The highest BCUT2D eigenvalue weighted by Gasteiger charge is 2.43. The first-order valence-corrected chi connectivity index (χ1v) is 13.6. The van der Waals surface area contributed by atoms with Crippen LogP contribution in [0.2, 0.25) is 0 Å². The summed E-state index contributed by atoms with van der Waals surface area (Å²) in [5, 5.41) is 9.78. The first kappa shape index (κ1) is 26.0. The number of morpholine rings is 1. The molecule has 0 aliphatic carbocycles. The minimum atomic E-state index is -0.924. The van der Waals surface area contributed by atoms with Crippen LogP contribution in [0, 0.1) is 5.82 Å². The molecule has 4 aliphatic heterocycles. The lowest BCUT2D eigenvalue weighted by Gasteiger charge is -2.46. The summed E-state index contributed by atoms with van der Waals surface area (Å²) in [6, 6.07) is 8.32. The van der Waals surface area contributed by atoms with Gasteiger partial charge >= 0.3 is 6.09 Å². The number of halogens is 1. The van der Waals surface area contributed by atoms with Gasteiger partial charge in [0.05, 0.1) is 25.8 Å². The molecule has 0 saturated carbocycles. The van der Waals surface area contributed by atoms with Gasteiger partial charge < -0.3 is 24.4 Å². The van der Waals surface area contributed by atoms with E-state index in [-0.39, 0.29) is 36.5 Å². The number of hydrogen-bond acceptors (Lipinski definition) is 7. The first-order chi connectivity index (χ1) is 18.8. The number of carbonyl (C=O) groups excluding carboxylic acids is 1. The van der Waals surface area contributed by atoms with E-state index in [2.05, 4.69) is 14.8 Å². The van der Waals surface area contributed by atoms with Crippen LogP contribution < -0.4 is 9.64 Å². The summed E-state index contributed by atoms with van der Waals surface area (Å²) in [7, 11) is 0. The van der Waals surface area contributed by atoms with E-state index in [0.29, 0.717) is 63.4 Å². The molecule has 1 aromatic carbocycles. The molecule has 6 rings (SSSR count). The molecule has 208 valence electrons. The number of nitrogens with zero attached hydrogens (tertiary/aromatic N) is 5. The zero-order chi connectivity index (χ0) is 27.1. The number of carboxylic acid groups (broad SMARTS) is 1. The van der Waals surface area contributed by atoms with E-state index in [0.717, 1.165) is 24.1 Å². The number of anilines is 1. The van der Waals surface area contributed by atoms with Crippen LogP contribution in [0.5, 0.6) is 5.88 Å². The van der Waals surface area contributed by atoms with E-state index in [1.165, 1.54) is 17.0 Å². The summed E-state index contributed by atoms with van der Waals surface area (Å²) in [6.45, 7) is 5.96. The molecule has 5 heterocycles. The van der Waals surface area contributed by atoms with Crippen LogP contribution in [0.4, 0.5) is 14.9 Å². The van der Waals surface area contributed by atoms with Crippen LogP contribution >= 0.6 is 0 Å². The van der Waals surface area contributed by atoms with Crippen molar-refractivity contribution in [3.05, 3.63) is 53.5 Å². The third-order valence-corrected chi connectivity index (χ3v) is 8.35. The number of amides is 2. The Bertz CT molecular complexity index is 1230. The summed E-state index contributed by atoms with van der Waals surface area (Å²) in [4.78, 5) is 37.9. The normalized spacial score (nSPS) is 26.9. The zero-order valence-corrected chi connectivity index (χ0v) is 22.0. The molecule has 10 nitrogen and oxygen atoms in total. The monoisotopic (exact) mass is 539 g/mol. The molecule has 3 saturated heterocycles. The molecular formula is C28H34FN5O5. The summed E-state index contributed by atoms with van der Waals surface area (Å²) in [5.74, 6) is 0.0774. The molecule has 2 aromatic rings. The molecule has 3 fully saturated rings. The van der Waals surface area contributed by atoms with Crippen molar-refractivity contribution in [1.29, 1.82) is 0 Å². The molecule has 4 aliphatic rings. The van der Waals surface area contributed by atoms with Gasteiger partial charge in [0, 0.05) is 50.5 Å². The zero-order valence-electron chi connectivity index (χ0n) is 22.0. The van der Waals surface area contributed by atoms with Crippen LogP contribution in [0.1, 0.15) is 24.5 Å². The van der Waals surface area contributed by atoms with Crippen molar-refractivity contribution in [2.45, 2.75) is 44.0 Å². The number of aromatic nitrogens is 1. The molecule has 1 N–H and O–H groups in total. The van der Waals surface area contributed by atoms with Crippen LogP contribution in [0.3, 0.4) is 0 Å². The Hall–Kier alpha value is -3.28. The minimum absolute atomic E-state index is 0.0625. The quantitative estimate of drug-likeness (QED) is 0.596. The molecule has 1 aromatic heterocycles. The van der Waals surface area contributed by atoms with E-state index < -0.39 is 6.09 Å². The van der Waals surface area contributed by atoms with Crippen LogP contribution in [-0.4, -0.2) is 114 Å². The van der Waals surface area contributed by atoms with Gasteiger partial charge in [-0.2, -0.15) is 0 Å². The number of fused-ring (bicyclic) bond motifs is 3. The van der Waals surface area contributed by atoms with Crippen molar-refractivity contribution in [2.24, 2.45) is 0 Å². The van der Waals surface area contributed by atoms with E-state index in [1.54, 1.807) is 23.2 Å². The maximum atomic E-state index is 13.8. The highest BCUT2D eigenvalue weighted by molar-refractivity contribution is 5.96. The maximum absolute atomic E-state index is 13.8. The summed E-state index contributed by atoms with van der Waals surface area (Å²) >= 11 is 0. The molecule has 2 amide bonds. The predicted octanol–water partition coefficient (Wildman–Crippen LogP) is 2.06. The SMILES string of the molecule is C[C@H]1CN(CC(=O)N2CCOc3ncc(Cc4ccc(F)cc4)cc32)C(CN2C[C@H]3C[C@@H]2CO3)CN1C(=O)O. The molecule has 39 heavy (non-hydrogen) atoms. The smallest absolute Gasteiger partial charge is 0.407 e. The van der Waals surface area contributed by atoms with Crippen molar-refractivity contribution in [1.82, 2.24) is 19.7 Å². The van der Waals surface area contributed by atoms with Gasteiger partial charge in [0.2, 0.25) is 11.8 Å². The number of benzene rings is 1. The average molecular weight is 540 g/mol. The second-order valence-electron chi connectivity index (χ2n) is 11.0. The van der Waals surface area contributed by atoms with Crippen LogP contribution in [-0.2, 0) is 16.0 Å². The third-order valence-electron chi connectivity index (χ3n) is 8.35. The second-order valence-corrected chi connectivity index (χ2v) is 11.0. The number of carbonyl (C=O) groups is 2. The summed E-state index contributed by atoms with van der Waals surface area (Å²) < 4.78 is 24.8. The minimum Gasteiger partial charge on any atom is -0.474 e. The molecule has 0 radical (unpaired) electrons. The van der Waals surface area contributed by atoms with Crippen LogP contribution in [0.25, 0.3) is 0 Å². The van der Waals surface area contributed by atoms with Gasteiger partial charge in [-0.25, -0.2) is 14.2 Å². The topological polar surface area (TPSA) is 98.7 Å². The van der Waals surface area contributed by atoms with Gasteiger partial charge in [0.25, 0.3) is 0 Å². The molecule has 4 atom stereocenters. The van der Waals surface area contributed by atoms with Crippen molar-refractivity contribution < 1.29 is 28.6 Å². The van der Waals surface area contributed by atoms with Crippen molar-refractivity contribution in [2.75, 3.05) is 57.4 Å². The van der Waals surface area contributed by atoms with Crippen molar-refractivity contribution >= 4 is 17.7 Å². The van der Waals surface area contributed by atoms with Crippen LogP contribution in [0.15, 0.2) is 36.5 Å². The third kappa shape index (κ3) is 5.43. The molecule has 0 spiro atoms. The van der Waals surface area contributed by atoms with Gasteiger partial charge in [-0.1, -0.05) is 12.1 Å². The molecular weight excluding hydrogens is 505 g/mol. The van der Waals surface area contributed by atoms with E-state index in [1.807, 2.05) is 13.0 Å². The van der Waals surface area contributed by atoms with Gasteiger partial charge in [-0.05, 0) is 49.1 Å². The fraction of sp³-hybridized carbons (Fsp3) is 0.536. The highest BCUT2D eigenvalue weighted by Crippen LogP contribution is 2.32. The lowest BCUT2D eigenvalue weighted by atomic mass is 10.1. The van der Waals surface area contributed by atoms with E-state index >= 15 is 0 Å². The average Bonchev–Trinajstić information content (AvgIpc) is 3.54. The molecule has 2 bridgehead atoms. The lowest BCUT2D eigenvalue weighted by Crippen LogP contribution is -2.63. The molecule has 11 heteroatoms. The van der Waals surface area contributed by atoms with Crippen molar-refractivity contribution in [3.8, 4) is 5.88 Å². The van der Waals surface area contributed by atoms with Gasteiger partial charge in [0.1, 0.15) is 18.1 Å². The van der Waals surface area contributed by atoms with Crippen molar-refractivity contribution in [3.63, 3.8) is 0 Å². The first-order valence-electron chi connectivity index (χ1n) is 13.6. The van der Waals surface area contributed by atoms with E-state index in [4.69, 9.17) is 9.47 Å². The van der Waals surface area contributed by atoms with Gasteiger partial charge in [-0.15, -0.1) is 0 Å². The highest BCUT2D eigenvalue weighted by atomic mass is 19.1. The Kier molecular flexibility index (Phi) is 7.13. The largest absolute Gasteiger partial charge is 0.474 e. The summed E-state index contributed by atoms with van der Waals surface area (Å²) in [6.07, 6.45) is 2.63. The lowest BCUT2D eigenvalue weighted by molar-refractivity contribution is -0.121. The fourth-order valence-corrected chi connectivity index (χ4v) is 6.31. The number of rotatable bonds is 6. The van der Waals surface area contributed by atoms with Gasteiger partial charge in [0.15, 0.2) is 0 Å². The number of likely N-dealkylation sites (tertiary alicyclic amines) is 1. The van der Waals surface area contributed by atoms with Gasteiger partial charge in [-0.3, -0.25) is 14.6 Å². The molecule has 1 unspecified atom stereocenters. The Balaban J connectivity index is 1.19. The second kappa shape index (κ2) is 10.7. The Labute approximate surface area is 226 Å². The fourth-order valence-electron chi connectivity index (χ4n) is 6.31. The standard InChI is InChI=1S/C28H34FN5O5/c1-18-12-31(23(14-34(18)28(36)37)13-32-15-24-10-22(32)17-39-24)16-26(35)33-6-7-38-27-25(33)9-20(11-30-27)8-19-2-4-21(29)5-3-19/h2-5,9,11,18,22-24H,6-8,10,12-17H2,1H3,(H,36,37)/t18-,22+,23?,24+/m0/s1.